The predicted molar refractivity (Wildman–Crippen MR) is 76.6 cm³/mol. The second-order valence-electron chi connectivity index (χ2n) is 3.91. The Hall–Kier alpha value is -1.79. The van der Waals surface area contributed by atoms with E-state index in [1.165, 1.54) is 12.4 Å². The second kappa shape index (κ2) is 6.40. The molecule has 0 fully saturated rings. The van der Waals surface area contributed by atoms with Crippen molar-refractivity contribution in [3.8, 4) is 0 Å². The van der Waals surface area contributed by atoms with Crippen LogP contribution in [-0.2, 0) is 4.79 Å². The van der Waals surface area contributed by atoms with Crippen LogP contribution in [0.1, 0.15) is 11.5 Å². The Morgan fingerprint density at radius 3 is 2.58 bits per heavy atom. The molecule has 0 bridgehead atoms. The fourth-order valence-electron chi connectivity index (χ4n) is 1.67. The number of nitrogens with two attached hydrogens (primary N) is 1. The van der Waals surface area contributed by atoms with Gasteiger partial charge in [-0.2, -0.15) is 0 Å². The first-order valence-corrected chi connectivity index (χ1v) is 6.53. The van der Waals surface area contributed by atoms with Crippen LogP contribution in [0.4, 0.5) is 5.82 Å². The maximum atomic E-state index is 12.2. The largest absolute Gasteiger partial charge is 0.329 e. The minimum atomic E-state index is -0.397. The molecule has 0 spiro atoms. The number of hydrogen-bond donors (Lipinski definition) is 2. The minimum absolute atomic E-state index is 0.190. The molecule has 0 radical (unpaired) electrons. The first-order valence-electron chi connectivity index (χ1n) is 5.74. The molecular formula is C13H13BrN4O. The predicted octanol–water partition coefficient (Wildman–Crippen LogP) is 1.92. The van der Waals surface area contributed by atoms with E-state index in [1.807, 2.05) is 30.3 Å². The van der Waals surface area contributed by atoms with E-state index >= 15 is 0 Å². The van der Waals surface area contributed by atoms with E-state index in [1.54, 1.807) is 0 Å². The van der Waals surface area contributed by atoms with Crippen molar-refractivity contribution >= 4 is 27.7 Å². The highest BCUT2D eigenvalue weighted by Gasteiger charge is 2.19. The highest BCUT2D eigenvalue weighted by molar-refractivity contribution is 9.10. The van der Waals surface area contributed by atoms with E-state index in [4.69, 9.17) is 5.73 Å². The Morgan fingerprint density at radius 2 is 2.00 bits per heavy atom. The Kier molecular flexibility index (Phi) is 4.59. The van der Waals surface area contributed by atoms with E-state index in [9.17, 15) is 4.79 Å². The minimum Gasteiger partial charge on any atom is -0.329 e. The SMILES string of the molecule is NCC(C(=O)Nc1cnc(Br)cn1)c1ccccc1. The molecular weight excluding hydrogens is 308 g/mol. The van der Waals surface area contributed by atoms with Crippen molar-refractivity contribution in [2.45, 2.75) is 5.92 Å². The average Bonchev–Trinajstić information content (AvgIpc) is 2.43. The topological polar surface area (TPSA) is 80.9 Å². The van der Waals surface area contributed by atoms with Gasteiger partial charge in [-0.05, 0) is 21.5 Å². The number of halogens is 1. The third-order valence-corrected chi connectivity index (χ3v) is 3.04. The monoisotopic (exact) mass is 320 g/mol. The molecule has 5 nitrogen and oxygen atoms in total. The molecule has 98 valence electrons. The summed E-state index contributed by atoms with van der Waals surface area (Å²) in [5, 5.41) is 2.71. The molecule has 2 aromatic rings. The molecule has 0 saturated carbocycles. The molecule has 1 amide bonds. The zero-order chi connectivity index (χ0) is 13.7. The number of anilines is 1. The van der Waals surface area contributed by atoms with Crippen LogP contribution in [0.25, 0.3) is 0 Å². The average molecular weight is 321 g/mol. The van der Waals surface area contributed by atoms with E-state index in [-0.39, 0.29) is 12.5 Å². The summed E-state index contributed by atoms with van der Waals surface area (Å²) < 4.78 is 0.615. The van der Waals surface area contributed by atoms with Crippen molar-refractivity contribution in [3.63, 3.8) is 0 Å². The first-order chi connectivity index (χ1) is 9.20. The summed E-state index contributed by atoms with van der Waals surface area (Å²) in [5.74, 6) is -0.181. The van der Waals surface area contributed by atoms with Gasteiger partial charge in [0, 0.05) is 6.54 Å². The molecule has 1 aromatic heterocycles. The fourth-order valence-corrected chi connectivity index (χ4v) is 1.87. The van der Waals surface area contributed by atoms with Crippen molar-refractivity contribution in [2.24, 2.45) is 5.73 Å². The summed E-state index contributed by atoms with van der Waals surface area (Å²) in [5.41, 5.74) is 6.56. The first kappa shape index (κ1) is 13.6. The molecule has 6 heteroatoms. The van der Waals surface area contributed by atoms with Gasteiger partial charge in [0.2, 0.25) is 5.91 Å². The van der Waals surface area contributed by atoms with Crippen LogP contribution in [0.3, 0.4) is 0 Å². The van der Waals surface area contributed by atoms with E-state index in [0.29, 0.717) is 10.4 Å². The van der Waals surface area contributed by atoms with Gasteiger partial charge in [-0.25, -0.2) is 9.97 Å². The van der Waals surface area contributed by atoms with Crippen molar-refractivity contribution in [1.82, 2.24) is 9.97 Å². The van der Waals surface area contributed by atoms with Gasteiger partial charge >= 0.3 is 0 Å². The fraction of sp³-hybridized carbons (Fsp3) is 0.154. The Morgan fingerprint density at radius 1 is 1.26 bits per heavy atom. The number of amides is 1. The number of aromatic nitrogens is 2. The van der Waals surface area contributed by atoms with Crippen molar-refractivity contribution in [1.29, 1.82) is 0 Å². The lowest BCUT2D eigenvalue weighted by Crippen LogP contribution is -2.27. The number of carbonyl (C=O) groups excluding carboxylic acids is 1. The summed E-state index contributed by atoms with van der Waals surface area (Å²) >= 11 is 3.18. The summed E-state index contributed by atoms with van der Waals surface area (Å²) in [7, 11) is 0. The van der Waals surface area contributed by atoms with Gasteiger partial charge in [-0.3, -0.25) is 4.79 Å². The Labute approximate surface area is 119 Å². The zero-order valence-corrected chi connectivity index (χ0v) is 11.7. The normalized spacial score (nSPS) is 11.9. The molecule has 1 atom stereocenters. The van der Waals surface area contributed by atoms with Crippen LogP contribution >= 0.6 is 15.9 Å². The number of rotatable bonds is 4. The molecule has 2 rings (SSSR count). The number of benzene rings is 1. The van der Waals surface area contributed by atoms with Gasteiger partial charge in [0.15, 0.2) is 5.82 Å². The van der Waals surface area contributed by atoms with Gasteiger partial charge in [-0.1, -0.05) is 30.3 Å². The van der Waals surface area contributed by atoms with Gasteiger partial charge in [0.1, 0.15) is 4.60 Å². The number of carbonyl (C=O) groups is 1. The van der Waals surface area contributed by atoms with Crippen LogP contribution in [0, 0.1) is 0 Å². The molecule has 0 aliphatic rings. The van der Waals surface area contributed by atoms with Gasteiger partial charge in [0.25, 0.3) is 0 Å². The van der Waals surface area contributed by atoms with Crippen LogP contribution in [-0.4, -0.2) is 22.4 Å². The summed E-state index contributed by atoms with van der Waals surface area (Å²) in [6.45, 7) is 0.236. The molecule has 0 saturated heterocycles. The quantitative estimate of drug-likeness (QED) is 0.901. The Bertz CT molecular complexity index is 544. The highest BCUT2D eigenvalue weighted by atomic mass is 79.9. The summed E-state index contributed by atoms with van der Waals surface area (Å²) in [6, 6.07) is 9.42. The molecule has 1 aromatic carbocycles. The van der Waals surface area contributed by atoms with Crippen LogP contribution < -0.4 is 11.1 Å². The molecule has 0 aliphatic carbocycles. The summed E-state index contributed by atoms with van der Waals surface area (Å²) in [6.07, 6.45) is 3.01. The lowest BCUT2D eigenvalue weighted by molar-refractivity contribution is -0.117. The second-order valence-corrected chi connectivity index (χ2v) is 4.73. The van der Waals surface area contributed by atoms with E-state index < -0.39 is 5.92 Å². The lowest BCUT2D eigenvalue weighted by atomic mass is 9.98. The highest BCUT2D eigenvalue weighted by Crippen LogP contribution is 2.16. The van der Waals surface area contributed by atoms with Gasteiger partial charge in [0.05, 0.1) is 18.3 Å². The smallest absolute Gasteiger partial charge is 0.234 e. The molecule has 1 heterocycles. The van der Waals surface area contributed by atoms with Crippen LogP contribution in [0.2, 0.25) is 0 Å². The Balaban J connectivity index is 2.11. The van der Waals surface area contributed by atoms with Crippen molar-refractivity contribution in [3.05, 3.63) is 52.9 Å². The van der Waals surface area contributed by atoms with Crippen LogP contribution in [0.5, 0.6) is 0 Å². The summed E-state index contributed by atoms with van der Waals surface area (Å²) in [4.78, 5) is 20.2. The molecule has 0 aliphatic heterocycles. The van der Waals surface area contributed by atoms with Crippen LogP contribution in [0.15, 0.2) is 47.3 Å². The van der Waals surface area contributed by atoms with Gasteiger partial charge in [-0.15, -0.1) is 0 Å². The van der Waals surface area contributed by atoms with Crippen molar-refractivity contribution < 1.29 is 4.79 Å². The number of nitrogens with zero attached hydrogens (tertiary/aromatic N) is 2. The standard InChI is InChI=1S/C13H13BrN4O/c14-11-7-17-12(8-16-11)18-13(19)10(6-15)9-4-2-1-3-5-9/h1-5,7-8,10H,6,15H2,(H,17,18,19). The molecule has 1 unspecified atom stereocenters. The maximum Gasteiger partial charge on any atom is 0.234 e. The maximum absolute atomic E-state index is 12.2. The van der Waals surface area contributed by atoms with E-state index in [2.05, 4.69) is 31.2 Å². The van der Waals surface area contributed by atoms with Crippen molar-refractivity contribution in [2.75, 3.05) is 11.9 Å². The third-order valence-electron chi connectivity index (χ3n) is 2.63. The lowest BCUT2D eigenvalue weighted by Gasteiger charge is -2.14. The number of hydrogen-bond acceptors (Lipinski definition) is 4. The molecule has 19 heavy (non-hydrogen) atoms. The van der Waals surface area contributed by atoms with Gasteiger partial charge < -0.3 is 11.1 Å². The van der Waals surface area contributed by atoms with E-state index in [0.717, 1.165) is 5.56 Å². The number of nitrogens with one attached hydrogen (secondary N) is 1. The molecule has 3 N–H and O–H groups in total. The zero-order valence-electron chi connectivity index (χ0n) is 10.1. The third kappa shape index (κ3) is 3.59.